The van der Waals surface area contributed by atoms with E-state index in [4.69, 9.17) is 27.6 Å². The number of carbonyl (C=O) groups is 1. The van der Waals surface area contributed by atoms with Crippen LogP contribution in [0.15, 0.2) is 77.2 Å². The van der Waals surface area contributed by atoms with Crippen LogP contribution in [0.1, 0.15) is 21.8 Å². The van der Waals surface area contributed by atoms with Crippen molar-refractivity contribution < 1.29 is 9.21 Å². The fraction of sp³-hybridized carbons (Fsp3) is 0. The molecule has 0 aliphatic carbocycles. The van der Waals surface area contributed by atoms with Gasteiger partial charge in [0.25, 0.3) is 0 Å². The van der Waals surface area contributed by atoms with Gasteiger partial charge >= 0.3 is 0 Å². The van der Waals surface area contributed by atoms with Crippen LogP contribution in [0, 0.1) is 0 Å². The molecule has 1 heterocycles. The van der Waals surface area contributed by atoms with Crippen molar-refractivity contribution in [3.63, 3.8) is 0 Å². The van der Waals surface area contributed by atoms with E-state index in [1.54, 1.807) is 36.4 Å². The summed E-state index contributed by atoms with van der Waals surface area (Å²) < 4.78 is 5.84. The van der Waals surface area contributed by atoms with Crippen LogP contribution in [0.2, 0.25) is 10.0 Å². The maximum Gasteiger partial charge on any atom is 0.231 e. The lowest BCUT2D eigenvalue weighted by atomic mass is 10.0. The molecule has 0 fully saturated rings. The van der Waals surface area contributed by atoms with Gasteiger partial charge in [-0.2, -0.15) is 0 Å². The number of carbonyl (C=O) groups excluding carboxylic acids is 1. The normalized spacial score (nSPS) is 11.7. The lowest BCUT2D eigenvalue weighted by Crippen LogP contribution is -2.03. The molecule has 4 aromatic rings. The quantitative estimate of drug-likeness (QED) is 0.291. The van der Waals surface area contributed by atoms with Crippen LogP contribution < -0.4 is 0 Å². The van der Waals surface area contributed by atoms with Gasteiger partial charge in [-0.1, -0.05) is 71.7 Å². The first-order chi connectivity index (χ1) is 13.1. The van der Waals surface area contributed by atoms with Gasteiger partial charge < -0.3 is 4.42 Å². The predicted octanol–water partition coefficient (Wildman–Crippen LogP) is 6.56. The number of hydrogen-bond donors (Lipinski definition) is 0. The summed E-state index contributed by atoms with van der Waals surface area (Å²) in [5.74, 6) is 0.0456. The number of Topliss-reactive ketones (excluding diaryl/α,β-unsaturated/α-hetero) is 1. The Bertz CT molecular complexity index is 1130. The third-order valence-electron chi connectivity index (χ3n) is 4.07. The van der Waals surface area contributed by atoms with E-state index in [0.29, 0.717) is 37.8 Å². The Morgan fingerprint density at radius 1 is 0.926 bits per heavy atom. The fourth-order valence-corrected chi connectivity index (χ4v) is 3.19. The van der Waals surface area contributed by atoms with Crippen molar-refractivity contribution in [3.05, 3.63) is 99.9 Å². The zero-order chi connectivity index (χ0) is 18.8. The first-order valence-corrected chi connectivity index (χ1v) is 9.00. The number of nitrogens with zero attached hydrogens (tertiary/aromatic N) is 1. The molecule has 132 valence electrons. The minimum absolute atomic E-state index is 0.201. The van der Waals surface area contributed by atoms with Crippen molar-refractivity contribution in [1.82, 2.24) is 4.98 Å². The number of benzene rings is 3. The Morgan fingerprint density at radius 3 is 2.41 bits per heavy atom. The third-order valence-corrected chi connectivity index (χ3v) is 4.63. The van der Waals surface area contributed by atoms with Gasteiger partial charge in [-0.3, -0.25) is 4.79 Å². The Hall–Kier alpha value is -2.88. The van der Waals surface area contributed by atoms with Crippen LogP contribution in [0.3, 0.4) is 0 Å². The molecule has 0 aliphatic rings. The van der Waals surface area contributed by atoms with E-state index in [9.17, 15) is 4.79 Å². The van der Waals surface area contributed by atoms with Gasteiger partial charge in [-0.25, -0.2) is 4.98 Å². The molecule has 4 rings (SSSR count). The van der Waals surface area contributed by atoms with Gasteiger partial charge in [0, 0.05) is 15.6 Å². The molecular weight excluding hydrogens is 381 g/mol. The van der Waals surface area contributed by atoms with Gasteiger partial charge in [0.1, 0.15) is 5.52 Å². The Kier molecular flexibility index (Phi) is 4.80. The van der Waals surface area contributed by atoms with Crippen LogP contribution in [-0.4, -0.2) is 10.8 Å². The largest absolute Gasteiger partial charge is 0.436 e. The van der Waals surface area contributed by atoms with Gasteiger partial charge in [-0.05, 0) is 35.9 Å². The summed E-state index contributed by atoms with van der Waals surface area (Å²) in [6.07, 6.45) is 1.68. The van der Waals surface area contributed by atoms with Crippen molar-refractivity contribution in [2.24, 2.45) is 0 Å². The zero-order valence-corrected chi connectivity index (χ0v) is 15.5. The van der Waals surface area contributed by atoms with Crippen molar-refractivity contribution in [3.8, 4) is 0 Å². The maximum absolute atomic E-state index is 13.2. The molecule has 27 heavy (non-hydrogen) atoms. The highest BCUT2D eigenvalue weighted by Gasteiger charge is 2.20. The maximum atomic E-state index is 13.2. The topological polar surface area (TPSA) is 43.1 Å². The first-order valence-electron chi connectivity index (χ1n) is 8.24. The summed E-state index contributed by atoms with van der Waals surface area (Å²) >= 11 is 12.3. The van der Waals surface area contributed by atoms with Gasteiger partial charge in [-0.15, -0.1) is 0 Å². The molecule has 0 amide bonds. The number of fused-ring (bicyclic) bond motifs is 1. The molecule has 5 heteroatoms. The molecule has 0 radical (unpaired) electrons. The second-order valence-corrected chi connectivity index (χ2v) is 6.75. The van der Waals surface area contributed by atoms with Crippen LogP contribution in [-0.2, 0) is 0 Å². The van der Waals surface area contributed by atoms with E-state index in [1.807, 2.05) is 42.5 Å². The Morgan fingerprint density at radius 2 is 1.67 bits per heavy atom. The molecule has 0 saturated heterocycles. The highest BCUT2D eigenvalue weighted by molar-refractivity contribution is 6.37. The lowest BCUT2D eigenvalue weighted by molar-refractivity contribution is 0.105. The van der Waals surface area contributed by atoms with E-state index in [-0.39, 0.29) is 11.7 Å². The Labute approximate surface area is 165 Å². The minimum Gasteiger partial charge on any atom is -0.436 e. The molecule has 0 saturated carbocycles. The second-order valence-electron chi connectivity index (χ2n) is 5.91. The number of allylic oxidation sites excluding steroid dienone is 1. The number of aromatic nitrogens is 1. The zero-order valence-electron chi connectivity index (χ0n) is 14.0. The molecule has 0 bridgehead atoms. The van der Waals surface area contributed by atoms with E-state index in [2.05, 4.69) is 4.98 Å². The van der Waals surface area contributed by atoms with E-state index in [1.165, 1.54) is 0 Å². The molecular formula is C22H13Cl2NO2. The number of halogens is 2. The summed E-state index contributed by atoms with van der Waals surface area (Å²) in [5.41, 5.74) is 2.81. The monoisotopic (exact) mass is 393 g/mol. The van der Waals surface area contributed by atoms with Crippen molar-refractivity contribution >= 4 is 51.7 Å². The average molecular weight is 394 g/mol. The number of rotatable bonds is 4. The standard InChI is InChI=1S/C22H13Cl2NO2/c23-16-11-10-15(18(24)13-16)12-17(21(26)14-6-2-1-3-7-14)22-25-19-8-4-5-9-20(19)27-22/h1-13H/b17-12-. The smallest absolute Gasteiger partial charge is 0.231 e. The van der Waals surface area contributed by atoms with Crippen molar-refractivity contribution in [2.45, 2.75) is 0 Å². The summed E-state index contributed by atoms with van der Waals surface area (Å²) in [6, 6.07) is 21.5. The fourth-order valence-electron chi connectivity index (χ4n) is 2.73. The molecule has 0 aliphatic heterocycles. The molecule has 0 N–H and O–H groups in total. The summed E-state index contributed by atoms with van der Waals surface area (Å²) in [7, 11) is 0. The molecule has 3 aromatic carbocycles. The molecule has 0 unspecified atom stereocenters. The van der Waals surface area contributed by atoms with Gasteiger partial charge in [0.2, 0.25) is 5.89 Å². The van der Waals surface area contributed by atoms with Crippen LogP contribution in [0.5, 0.6) is 0 Å². The first kappa shape index (κ1) is 17.5. The van der Waals surface area contributed by atoms with E-state index < -0.39 is 0 Å². The average Bonchev–Trinajstić information content (AvgIpc) is 3.11. The molecule has 3 nitrogen and oxygen atoms in total. The Balaban J connectivity index is 1.89. The molecule has 0 atom stereocenters. The second kappa shape index (κ2) is 7.39. The third kappa shape index (κ3) is 3.65. The van der Waals surface area contributed by atoms with E-state index in [0.717, 1.165) is 0 Å². The van der Waals surface area contributed by atoms with Crippen LogP contribution in [0.25, 0.3) is 22.7 Å². The number of oxazole rings is 1. The SMILES string of the molecule is O=C(/C(=C/c1ccc(Cl)cc1Cl)c1nc2ccccc2o1)c1ccccc1. The van der Waals surface area contributed by atoms with E-state index >= 15 is 0 Å². The molecule has 1 aromatic heterocycles. The molecule has 0 spiro atoms. The highest BCUT2D eigenvalue weighted by atomic mass is 35.5. The summed E-state index contributed by atoms with van der Waals surface area (Å²) in [4.78, 5) is 17.6. The summed E-state index contributed by atoms with van der Waals surface area (Å²) in [6.45, 7) is 0. The van der Waals surface area contributed by atoms with Crippen LogP contribution >= 0.6 is 23.2 Å². The van der Waals surface area contributed by atoms with Gasteiger partial charge in [0.15, 0.2) is 11.4 Å². The van der Waals surface area contributed by atoms with Crippen LogP contribution in [0.4, 0.5) is 0 Å². The highest BCUT2D eigenvalue weighted by Crippen LogP contribution is 2.29. The number of hydrogen-bond acceptors (Lipinski definition) is 3. The lowest BCUT2D eigenvalue weighted by Gasteiger charge is -2.05. The number of ketones is 1. The van der Waals surface area contributed by atoms with Gasteiger partial charge in [0.05, 0.1) is 5.57 Å². The predicted molar refractivity (Wildman–Crippen MR) is 109 cm³/mol. The summed E-state index contributed by atoms with van der Waals surface area (Å²) in [5, 5.41) is 0.965. The minimum atomic E-state index is -0.201. The van der Waals surface area contributed by atoms with Crippen molar-refractivity contribution in [1.29, 1.82) is 0 Å². The number of para-hydroxylation sites is 2. The van der Waals surface area contributed by atoms with Crippen molar-refractivity contribution in [2.75, 3.05) is 0 Å².